The van der Waals surface area contributed by atoms with Crippen LogP contribution in [-0.2, 0) is 4.79 Å². The molecule has 1 rings (SSSR count). The molecule has 3 nitrogen and oxygen atoms in total. The van der Waals surface area contributed by atoms with Gasteiger partial charge in [-0.2, -0.15) is 0 Å². The van der Waals surface area contributed by atoms with Crippen LogP contribution in [0.4, 0.5) is 0 Å². The Morgan fingerprint density at radius 2 is 2.00 bits per heavy atom. The van der Waals surface area contributed by atoms with E-state index in [0.29, 0.717) is 5.41 Å². The molecule has 0 aromatic heterocycles. The van der Waals surface area contributed by atoms with Crippen LogP contribution < -0.4 is 11.1 Å². The minimum absolute atomic E-state index is 0.0179. The van der Waals surface area contributed by atoms with Gasteiger partial charge in [-0.05, 0) is 23.7 Å². The van der Waals surface area contributed by atoms with E-state index < -0.39 is 6.04 Å². The highest BCUT2D eigenvalue weighted by Crippen LogP contribution is 2.39. The third-order valence-corrected chi connectivity index (χ3v) is 3.47. The molecule has 1 atom stereocenters. The van der Waals surface area contributed by atoms with Gasteiger partial charge in [0.1, 0.15) is 0 Å². The van der Waals surface area contributed by atoms with E-state index in [1.807, 2.05) is 20.8 Å². The van der Waals surface area contributed by atoms with Crippen LogP contribution in [0.15, 0.2) is 0 Å². The van der Waals surface area contributed by atoms with Crippen LogP contribution in [-0.4, -0.2) is 18.5 Å². The van der Waals surface area contributed by atoms with Gasteiger partial charge in [0.25, 0.3) is 0 Å². The molecule has 1 fully saturated rings. The summed E-state index contributed by atoms with van der Waals surface area (Å²) < 4.78 is 0. The fourth-order valence-electron chi connectivity index (χ4n) is 1.76. The summed E-state index contributed by atoms with van der Waals surface area (Å²) >= 11 is 0. The van der Waals surface area contributed by atoms with E-state index in [9.17, 15) is 4.79 Å². The van der Waals surface area contributed by atoms with Crippen molar-refractivity contribution in [2.45, 2.75) is 53.0 Å². The largest absolute Gasteiger partial charge is 0.354 e. The monoisotopic (exact) mass is 212 g/mol. The maximum atomic E-state index is 11.7. The highest BCUT2D eigenvalue weighted by atomic mass is 16.2. The Hall–Kier alpha value is -0.570. The highest BCUT2D eigenvalue weighted by Gasteiger charge is 2.33. The van der Waals surface area contributed by atoms with Crippen molar-refractivity contribution in [3.8, 4) is 0 Å². The van der Waals surface area contributed by atoms with Gasteiger partial charge in [-0.25, -0.2) is 0 Å². The molecule has 0 radical (unpaired) electrons. The second-order valence-corrected chi connectivity index (χ2v) is 6.23. The van der Waals surface area contributed by atoms with Gasteiger partial charge < -0.3 is 11.1 Å². The molecule has 0 saturated heterocycles. The van der Waals surface area contributed by atoms with Crippen molar-refractivity contribution >= 4 is 5.91 Å². The molecule has 0 aromatic carbocycles. The third kappa shape index (κ3) is 3.20. The summed E-state index contributed by atoms with van der Waals surface area (Å²) in [5.41, 5.74) is 6.04. The Bertz CT molecular complexity index is 238. The Morgan fingerprint density at radius 1 is 1.47 bits per heavy atom. The van der Waals surface area contributed by atoms with Gasteiger partial charge in [0.15, 0.2) is 0 Å². The van der Waals surface area contributed by atoms with Crippen LogP contribution in [0.3, 0.4) is 0 Å². The van der Waals surface area contributed by atoms with Gasteiger partial charge in [-0.3, -0.25) is 4.79 Å². The quantitative estimate of drug-likeness (QED) is 0.747. The predicted octanol–water partition coefficient (Wildman–Crippen LogP) is 1.67. The molecule has 0 aliphatic heterocycles. The number of nitrogens with one attached hydrogen (secondary N) is 1. The number of hydrogen-bond acceptors (Lipinski definition) is 2. The summed E-state index contributed by atoms with van der Waals surface area (Å²) in [5, 5.41) is 2.97. The van der Waals surface area contributed by atoms with Crippen molar-refractivity contribution in [2.24, 2.45) is 16.6 Å². The zero-order chi connectivity index (χ0) is 11.7. The van der Waals surface area contributed by atoms with E-state index in [1.54, 1.807) is 0 Å². The number of carbonyl (C=O) groups is 1. The van der Waals surface area contributed by atoms with E-state index in [1.165, 1.54) is 19.3 Å². The molecule has 0 heterocycles. The lowest BCUT2D eigenvalue weighted by Crippen LogP contribution is -2.51. The average molecular weight is 212 g/mol. The first-order chi connectivity index (χ1) is 6.75. The van der Waals surface area contributed by atoms with Crippen molar-refractivity contribution < 1.29 is 4.79 Å². The third-order valence-electron chi connectivity index (χ3n) is 3.47. The van der Waals surface area contributed by atoms with Gasteiger partial charge in [0.05, 0.1) is 6.04 Å². The Balaban J connectivity index is 2.36. The maximum absolute atomic E-state index is 11.7. The molecule has 15 heavy (non-hydrogen) atoms. The normalized spacial score (nSPS) is 21.7. The Kier molecular flexibility index (Phi) is 3.44. The molecule has 1 aliphatic carbocycles. The highest BCUT2D eigenvalue weighted by molar-refractivity contribution is 5.82. The first-order valence-corrected chi connectivity index (χ1v) is 5.78. The van der Waals surface area contributed by atoms with Crippen LogP contribution in [0.1, 0.15) is 47.0 Å². The number of amides is 1. The summed E-state index contributed by atoms with van der Waals surface area (Å²) in [6.45, 7) is 8.96. The van der Waals surface area contributed by atoms with Crippen LogP contribution in [0.25, 0.3) is 0 Å². The second-order valence-electron chi connectivity index (χ2n) is 6.23. The van der Waals surface area contributed by atoms with Gasteiger partial charge in [-0.15, -0.1) is 0 Å². The molecule has 88 valence electrons. The molecular weight excluding hydrogens is 188 g/mol. The summed E-state index contributed by atoms with van der Waals surface area (Å²) in [6, 6.07) is -0.416. The molecule has 3 N–H and O–H groups in total. The minimum atomic E-state index is -0.416. The molecule has 1 aliphatic rings. The molecule has 0 unspecified atom stereocenters. The van der Waals surface area contributed by atoms with Crippen LogP contribution in [0, 0.1) is 10.8 Å². The zero-order valence-electron chi connectivity index (χ0n) is 10.4. The van der Waals surface area contributed by atoms with E-state index in [-0.39, 0.29) is 11.3 Å². The minimum Gasteiger partial charge on any atom is -0.354 e. The topological polar surface area (TPSA) is 55.1 Å². The molecule has 3 heteroatoms. The van der Waals surface area contributed by atoms with Gasteiger partial charge in [0.2, 0.25) is 5.91 Å². The fraction of sp³-hybridized carbons (Fsp3) is 0.917. The lowest BCUT2D eigenvalue weighted by Gasteiger charge is -2.39. The standard InChI is InChI=1S/C12H24N2O/c1-11(2,3)9(13)10(15)14-8-12(4)6-5-7-12/h9H,5-8,13H2,1-4H3,(H,14,15)/t9-/m0/s1. The SMILES string of the molecule is CC1(CNC(=O)[C@H](N)C(C)(C)C)CCC1. The first-order valence-electron chi connectivity index (χ1n) is 5.78. The summed E-state index contributed by atoms with van der Waals surface area (Å²) in [7, 11) is 0. The Morgan fingerprint density at radius 3 is 2.33 bits per heavy atom. The van der Waals surface area contributed by atoms with Crippen molar-refractivity contribution in [2.75, 3.05) is 6.54 Å². The van der Waals surface area contributed by atoms with Crippen molar-refractivity contribution in [1.82, 2.24) is 5.32 Å². The van der Waals surface area contributed by atoms with Crippen LogP contribution in [0.2, 0.25) is 0 Å². The van der Waals surface area contributed by atoms with Crippen LogP contribution >= 0.6 is 0 Å². The molecule has 0 bridgehead atoms. The summed E-state index contributed by atoms with van der Waals surface area (Å²) in [4.78, 5) is 11.7. The molecule has 0 spiro atoms. The fourth-order valence-corrected chi connectivity index (χ4v) is 1.76. The average Bonchev–Trinajstić information content (AvgIpc) is 2.08. The lowest BCUT2D eigenvalue weighted by atomic mass is 9.70. The molecule has 1 saturated carbocycles. The van der Waals surface area contributed by atoms with Gasteiger partial charge >= 0.3 is 0 Å². The molecule has 0 aromatic rings. The predicted molar refractivity (Wildman–Crippen MR) is 62.4 cm³/mol. The van der Waals surface area contributed by atoms with Crippen molar-refractivity contribution in [1.29, 1.82) is 0 Å². The summed E-state index contributed by atoms with van der Waals surface area (Å²) in [6.07, 6.45) is 3.73. The van der Waals surface area contributed by atoms with Crippen molar-refractivity contribution in [3.63, 3.8) is 0 Å². The number of hydrogen-bond donors (Lipinski definition) is 2. The molecular formula is C12H24N2O. The van der Waals surface area contributed by atoms with Gasteiger partial charge in [-0.1, -0.05) is 34.1 Å². The van der Waals surface area contributed by atoms with E-state index in [0.717, 1.165) is 6.54 Å². The first kappa shape index (κ1) is 12.5. The van der Waals surface area contributed by atoms with E-state index in [4.69, 9.17) is 5.73 Å². The number of rotatable bonds is 3. The number of carbonyl (C=O) groups excluding carboxylic acids is 1. The van der Waals surface area contributed by atoms with E-state index >= 15 is 0 Å². The smallest absolute Gasteiger partial charge is 0.237 e. The summed E-state index contributed by atoms with van der Waals surface area (Å²) in [5.74, 6) is -0.0179. The van der Waals surface area contributed by atoms with Crippen molar-refractivity contribution in [3.05, 3.63) is 0 Å². The van der Waals surface area contributed by atoms with Gasteiger partial charge in [0, 0.05) is 6.54 Å². The number of nitrogens with two attached hydrogens (primary N) is 1. The Labute approximate surface area is 92.8 Å². The van der Waals surface area contributed by atoms with E-state index in [2.05, 4.69) is 12.2 Å². The molecule has 1 amide bonds. The zero-order valence-corrected chi connectivity index (χ0v) is 10.4. The maximum Gasteiger partial charge on any atom is 0.237 e. The second kappa shape index (κ2) is 4.12. The lowest BCUT2D eigenvalue weighted by molar-refractivity contribution is -0.125. The van der Waals surface area contributed by atoms with Crippen LogP contribution in [0.5, 0.6) is 0 Å².